The normalized spacial score (nSPS) is 18.5. The predicted molar refractivity (Wildman–Crippen MR) is 108 cm³/mol. The lowest BCUT2D eigenvalue weighted by molar-refractivity contribution is -0.425. The van der Waals surface area contributed by atoms with Gasteiger partial charge in [-0.15, -0.1) is 11.8 Å². The summed E-state index contributed by atoms with van der Waals surface area (Å²) >= 11 is 1.35. The van der Waals surface area contributed by atoms with E-state index in [9.17, 15) is 19.2 Å². The molecule has 4 amide bonds. The summed E-state index contributed by atoms with van der Waals surface area (Å²) in [7, 11) is 0. The van der Waals surface area contributed by atoms with Crippen molar-refractivity contribution in [3.8, 4) is 0 Å². The molecular formula is C20H22N3O4S+. The Bertz CT molecular complexity index is 889. The second-order valence-electron chi connectivity index (χ2n) is 6.64. The summed E-state index contributed by atoms with van der Waals surface area (Å²) in [6, 6.07) is 6.10. The van der Waals surface area contributed by atoms with Crippen LogP contribution in [0.3, 0.4) is 0 Å². The first kappa shape index (κ1) is 20.0. The van der Waals surface area contributed by atoms with Crippen LogP contribution in [-0.4, -0.2) is 57.2 Å². The Balaban J connectivity index is 1.76. The van der Waals surface area contributed by atoms with Gasteiger partial charge in [0.15, 0.2) is 17.6 Å². The summed E-state index contributed by atoms with van der Waals surface area (Å²) in [5.41, 5.74) is 1.65. The van der Waals surface area contributed by atoms with Crippen LogP contribution in [0.4, 0.5) is 10.5 Å². The second kappa shape index (κ2) is 8.52. The van der Waals surface area contributed by atoms with Crippen molar-refractivity contribution in [2.24, 2.45) is 0 Å². The largest absolute Gasteiger partial charge is 0.501 e. The molecule has 0 spiro atoms. The number of hydrogen-bond donors (Lipinski definition) is 1. The lowest BCUT2D eigenvalue weighted by atomic mass is 10.1. The molecule has 8 heteroatoms. The molecule has 146 valence electrons. The number of nitrogens with zero attached hydrogens (tertiary/aromatic N) is 2. The maximum absolute atomic E-state index is 12.8. The Morgan fingerprint density at radius 3 is 2.57 bits per heavy atom. The van der Waals surface area contributed by atoms with Crippen LogP contribution >= 0.6 is 11.8 Å². The second-order valence-corrected chi connectivity index (χ2v) is 7.65. The zero-order valence-corrected chi connectivity index (χ0v) is 16.6. The average molecular weight is 400 g/mol. The number of Topliss-reactive ketones (excluding diaryl/α,β-unsaturated/α-hetero) is 1. The molecule has 0 saturated carbocycles. The van der Waals surface area contributed by atoms with Crippen molar-refractivity contribution < 1.29 is 23.8 Å². The lowest BCUT2D eigenvalue weighted by Gasteiger charge is -2.24. The minimum atomic E-state index is -0.475. The third-order valence-corrected chi connectivity index (χ3v) is 5.61. The van der Waals surface area contributed by atoms with Gasteiger partial charge >= 0.3 is 11.9 Å². The molecule has 0 aliphatic carbocycles. The summed E-state index contributed by atoms with van der Waals surface area (Å²) in [4.78, 5) is 50.5. The van der Waals surface area contributed by atoms with Gasteiger partial charge < -0.3 is 5.32 Å². The third-order valence-electron chi connectivity index (χ3n) is 4.60. The zero-order chi connectivity index (χ0) is 20.3. The van der Waals surface area contributed by atoms with Crippen molar-refractivity contribution in [3.05, 3.63) is 41.3 Å². The number of imide groups is 1. The molecule has 0 saturated heterocycles. The van der Waals surface area contributed by atoms with Crippen LogP contribution in [0.15, 0.2) is 35.7 Å². The van der Waals surface area contributed by atoms with Crippen LogP contribution in [0.25, 0.3) is 0 Å². The van der Waals surface area contributed by atoms with Gasteiger partial charge in [-0.05, 0) is 49.1 Å². The molecule has 0 bridgehead atoms. The number of amides is 4. The van der Waals surface area contributed by atoms with Crippen molar-refractivity contribution >= 4 is 46.8 Å². The molecule has 2 heterocycles. The monoisotopic (exact) mass is 400 g/mol. The molecule has 0 radical (unpaired) electrons. The van der Waals surface area contributed by atoms with E-state index in [0.717, 1.165) is 12.8 Å². The van der Waals surface area contributed by atoms with Gasteiger partial charge in [-0.3, -0.25) is 9.59 Å². The molecular weight excluding hydrogens is 378 g/mol. The summed E-state index contributed by atoms with van der Waals surface area (Å²) in [6.45, 7) is 3.63. The minimum Gasteiger partial charge on any atom is -0.323 e. The molecule has 2 aliphatic heterocycles. The van der Waals surface area contributed by atoms with E-state index in [1.807, 2.05) is 6.92 Å². The fraction of sp³-hybridized carbons (Fsp3) is 0.350. The van der Waals surface area contributed by atoms with E-state index in [2.05, 4.69) is 5.32 Å². The maximum Gasteiger partial charge on any atom is 0.501 e. The quantitative estimate of drug-likeness (QED) is 0.562. The number of unbranched alkanes of at least 4 members (excludes halogenated alkanes) is 1. The fourth-order valence-electron chi connectivity index (χ4n) is 3.07. The smallest absolute Gasteiger partial charge is 0.323 e. The number of carbonyl (C=O) groups is 4. The highest BCUT2D eigenvalue weighted by Gasteiger charge is 2.49. The highest BCUT2D eigenvalue weighted by atomic mass is 32.2. The molecule has 7 nitrogen and oxygen atoms in total. The van der Waals surface area contributed by atoms with Gasteiger partial charge in [0, 0.05) is 11.3 Å². The van der Waals surface area contributed by atoms with Crippen LogP contribution in [0.1, 0.15) is 37.0 Å². The van der Waals surface area contributed by atoms with Crippen molar-refractivity contribution in [1.29, 1.82) is 0 Å². The van der Waals surface area contributed by atoms with Crippen molar-refractivity contribution in [3.63, 3.8) is 0 Å². The number of urea groups is 1. The van der Waals surface area contributed by atoms with Crippen molar-refractivity contribution in [2.75, 3.05) is 18.4 Å². The number of benzene rings is 1. The molecule has 1 unspecified atom stereocenters. The van der Waals surface area contributed by atoms with Gasteiger partial charge in [0.2, 0.25) is 0 Å². The molecule has 1 aromatic rings. The first-order valence-corrected chi connectivity index (χ1v) is 10.1. The Kier molecular flexibility index (Phi) is 6.08. The maximum atomic E-state index is 12.8. The van der Waals surface area contributed by atoms with Gasteiger partial charge in [-0.1, -0.05) is 13.3 Å². The summed E-state index contributed by atoms with van der Waals surface area (Å²) in [6.07, 6.45) is 3.30. The summed E-state index contributed by atoms with van der Waals surface area (Å²) in [5, 5.41) is 4.04. The number of rotatable bonds is 7. The fourth-order valence-corrected chi connectivity index (χ4v) is 4.03. The first-order valence-electron chi connectivity index (χ1n) is 9.15. The molecule has 1 N–H and O–H groups in total. The van der Waals surface area contributed by atoms with Crippen LogP contribution in [0.5, 0.6) is 0 Å². The lowest BCUT2D eigenvalue weighted by Crippen LogP contribution is -2.56. The number of fused-ring (bicyclic) bond motifs is 1. The van der Waals surface area contributed by atoms with Crippen molar-refractivity contribution in [1.82, 2.24) is 4.90 Å². The molecule has 28 heavy (non-hydrogen) atoms. The average Bonchev–Trinajstić information content (AvgIpc) is 3.15. The SMILES string of the molecule is CCCCN1C(=O)C2SC=CC2=[N+](CC(=O)Nc2ccc(C(C)=O)cc2)C1=O. The van der Waals surface area contributed by atoms with E-state index >= 15 is 0 Å². The Morgan fingerprint density at radius 2 is 1.93 bits per heavy atom. The summed E-state index contributed by atoms with van der Waals surface area (Å²) in [5.74, 6) is -0.646. The van der Waals surface area contributed by atoms with E-state index < -0.39 is 11.3 Å². The molecule has 0 fully saturated rings. The Labute approximate surface area is 167 Å². The Morgan fingerprint density at radius 1 is 1.21 bits per heavy atom. The Hall–Kier alpha value is -2.74. The topological polar surface area (TPSA) is 86.6 Å². The van der Waals surface area contributed by atoms with Crippen LogP contribution in [0.2, 0.25) is 0 Å². The number of ketones is 1. The minimum absolute atomic E-state index is 0.0541. The van der Waals surface area contributed by atoms with E-state index in [0.29, 0.717) is 23.5 Å². The number of carbonyl (C=O) groups excluding carboxylic acids is 4. The van der Waals surface area contributed by atoms with Crippen molar-refractivity contribution in [2.45, 2.75) is 31.9 Å². The van der Waals surface area contributed by atoms with Gasteiger partial charge in [0.05, 0.1) is 6.54 Å². The van der Waals surface area contributed by atoms with E-state index in [1.54, 1.807) is 35.7 Å². The number of anilines is 1. The van der Waals surface area contributed by atoms with Crippen LogP contribution in [-0.2, 0) is 9.59 Å². The first-order chi connectivity index (χ1) is 13.4. The molecule has 1 aromatic carbocycles. The van der Waals surface area contributed by atoms with Gasteiger partial charge in [0.25, 0.3) is 5.91 Å². The van der Waals surface area contributed by atoms with Crippen LogP contribution < -0.4 is 5.32 Å². The molecule has 2 aliphatic rings. The zero-order valence-electron chi connectivity index (χ0n) is 15.8. The number of nitrogens with one attached hydrogen (secondary N) is 1. The van der Waals surface area contributed by atoms with Gasteiger partial charge in [0.1, 0.15) is 5.71 Å². The van der Waals surface area contributed by atoms with Gasteiger partial charge in [-0.25, -0.2) is 4.79 Å². The number of hydrogen-bond acceptors (Lipinski definition) is 5. The predicted octanol–water partition coefficient (Wildman–Crippen LogP) is 2.67. The van der Waals surface area contributed by atoms with E-state index in [4.69, 9.17) is 0 Å². The van der Waals surface area contributed by atoms with Crippen LogP contribution in [0, 0.1) is 0 Å². The standard InChI is InChI=1S/C20H21N3O4S/c1-3-4-10-22-19(26)18-16(9-11-28-18)23(20(22)27)12-17(25)21-15-7-5-14(6-8-15)13(2)24/h5-9,11,18H,3-4,10,12H2,1-2H3/p+1. The molecule has 0 aromatic heterocycles. The van der Waals surface area contributed by atoms with Gasteiger partial charge in [-0.2, -0.15) is 14.3 Å². The molecule has 3 rings (SSSR count). The van der Waals surface area contributed by atoms with E-state index in [1.165, 1.54) is 28.2 Å². The summed E-state index contributed by atoms with van der Waals surface area (Å²) < 4.78 is 1.37. The highest BCUT2D eigenvalue weighted by Crippen LogP contribution is 2.28. The van der Waals surface area contributed by atoms with E-state index in [-0.39, 0.29) is 24.1 Å². The molecule has 1 atom stereocenters. The highest BCUT2D eigenvalue weighted by molar-refractivity contribution is 8.04. The third kappa shape index (κ3) is 4.06. The number of thioether (sulfide) groups is 1. The number of allylic oxidation sites excluding steroid dienone is 1.